The van der Waals surface area contributed by atoms with Gasteiger partial charge in [-0.15, -0.1) is 0 Å². The molecule has 0 aromatic heterocycles. The van der Waals surface area contributed by atoms with E-state index in [1.54, 1.807) is 0 Å². The van der Waals surface area contributed by atoms with Crippen molar-refractivity contribution in [1.82, 2.24) is 0 Å². The smallest absolute Gasteiger partial charge is 0.238 e. The lowest BCUT2D eigenvalue weighted by atomic mass is 10.0. The number of hydrogen-bond donors (Lipinski definition) is 3. The van der Waals surface area contributed by atoms with E-state index in [0.29, 0.717) is 12.8 Å². The Morgan fingerprint density at radius 1 is 1.42 bits per heavy atom. The molecule has 0 spiro atoms. The maximum Gasteiger partial charge on any atom is 0.238 e. The van der Waals surface area contributed by atoms with E-state index >= 15 is 0 Å². The fourth-order valence-electron chi connectivity index (χ4n) is 2.16. The minimum atomic E-state index is -0.833. The molecule has 1 fully saturated rings. The average molecular weight is 326 g/mol. The van der Waals surface area contributed by atoms with Gasteiger partial charge >= 0.3 is 0 Å². The van der Waals surface area contributed by atoms with E-state index in [0.717, 1.165) is 21.3 Å². The lowest BCUT2D eigenvalue weighted by Gasteiger charge is -2.17. The van der Waals surface area contributed by atoms with Crippen molar-refractivity contribution in [2.45, 2.75) is 26.7 Å². The number of nitrogens with two attached hydrogens (primary N) is 1. The maximum atomic E-state index is 12.3. The third-order valence-electron chi connectivity index (χ3n) is 3.52. The number of hydrogen-bond acceptors (Lipinski definition) is 3. The second-order valence-corrected chi connectivity index (χ2v) is 5.85. The summed E-state index contributed by atoms with van der Waals surface area (Å²) in [5, 5.41) is 14.6. The number of oxime groups is 1. The van der Waals surface area contributed by atoms with Gasteiger partial charge in [-0.1, -0.05) is 21.1 Å². The number of nitrogens with one attached hydrogen (secondary N) is 1. The van der Waals surface area contributed by atoms with Crippen LogP contribution in [-0.2, 0) is 4.79 Å². The molecule has 0 atom stereocenters. The first kappa shape index (κ1) is 13.9. The largest absolute Gasteiger partial charge is 0.409 e. The molecule has 0 aliphatic heterocycles. The molecule has 1 aliphatic rings. The normalized spacial score (nSPS) is 17.1. The topological polar surface area (TPSA) is 87.7 Å². The molecular weight excluding hydrogens is 310 g/mol. The molecule has 0 heterocycles. The van der Waals surface area contributed by atoms with Crippen molar-refractivity contribution in [2.24, 2.45) is 16.3 Å². The van der Waals surface area contributed by atoms with Crippen LogP contribution in [0.5, 0.6) is 0 Å². The number of benzene rings is 1. The van der Waals surface area contributed by atoms with Crippen LogP contribution in [0.25, 0.3) is 0 Å². The molecular formula is C13H16BrN3O2. The van der Waals surface area contributed by atoms with E-state index in [9.17, 15) is 4.79 Å². The highest BCUT2D eigenvalue weighted by Gasteiger charge is 2.54. The number of carbonyl (C=O) groups excluding carboxylic acids is 1. The summed E-state index contributed by atoms with van der Waals surface area (Å²) in [6.07, 6.45) is 1.23. The van der Waals surface area contributed by atoms with Crippen LogP contribution in [0.2, 0.25) is 0 Å². The van der Waals surface area contributed by atoms with Crippen LogP contribution in [-0.4, -0.2) is 17.0 Å². The Morgan fingerprint density at radius 3 is 2.37 bits per heavy atom. The van der Waals surface area contributed by atoms with E-state index < -0.39 is 5.41 Å². The van der Waals surface area contributed by atoms with Crippen molar-refractivity contribution < 1.29 is 10.0 Å². The van der Waals surface area contributed by atoms with Crippen molar-refractivity contribution >= 4 is 33.4 Å². The first-order chi connectivity index (χ1) is 8.90. The number of rotatable bonds is 3. The van der Waals surface area contributed by atoms with Crippen LogP contribution in [0.1, 0.15) is 24.0 Å². The molecule has 5 nitrogen and oxygen atoms in total. The Labute approximate surface area is 120 Å². The number of halogens is 1. The Kier molecular flexibility index (Phi) is 3.54. The zero-order valence-corrected chi connectivity index (χ0v) is 12.4. The third-order valence-corrected chi connectivity index (χ3v) is 3.98. The molecule has 1 saturated carbocycles. The third kappa shape index (κ3) is 2.45. The highest BCUT2D eigenvalue weighted by Crippen LogP contribution is 2.47. The summed E-state index contributed by atoms with van der Waals surface area (Å²) >= 11 is 3.41. The zero-order valence-electron chi connectivity index (χ0n) is 10.8. The average Bonchev–Trinajstić information content (AvgIpc) is 3.13. The van der Waals surface area contributed by atoms with E-state index in [1.807, 2.05) is 26.0 Å². The number of amidine groups is 1. The van der Waals surface area contributed by atoms with Crippen molar-refractivity contribution in [1.29, 1.82) is 0 Å². The van der Waals surface area contributed by atoms with Gasteiger partial charge in [-0.05, 0) is 49.9 Å². The molecule has 1 aliphatic carbocycles. The van der Waals surface area contributed by atoms with Crippen LogP contribution in [0, 0.1) is 19.3 Å². The number of anilines is 1. The van der Waals surface area contributed by atoms with Gasteiger partial charge in [0.2, 0.25) is 5.91 Å². The Hall–Kier alpha value is -1.56. The molecule has 0 saturated heterocycles. The highest BCUT2D eigenvalue weighted by atomic mass is 79.9. The number of nitrogens with zero attached hydrogens (tertiary/aromatic N) is 1. The minimum Gasteiger partial charge on any atom is -0.409 e. The summed E-state index contributed by atoms with van der Waals surface area (Å²) in [4.78, 5) is 12.3. The lowest BCUT2D eigenvalue weighted by molar-refractivity contribution is -0.119. The van der Waals surface area contributed by atoms with Gasteiger partial charge < -0.3 is 16.3 Å². The molecule has 1 aromatic carbocycles. The molecule has 102 valence electrons. The van der Waals surface area contributed by atoms with Gasteiger partial charge in [0.05, 0.1) is 0 Å². The zero-order chi connectivity index (χ0) is 14.2. The summed E-state index contributed by atoms with van der Waals surface area (Å²) in [6, 6.07) is 3.87. The molecule has 0 unspecified atom stereocenters. The van der Waals surface area contributed by atoms with Gasteiger partial charge in [-0.3, -0.25) is 4.79 Å². The van der Waals surface area contributed by atoms with Crippen LogP contribution < -0.4 is 11.1 Å². The standard InChI is InChI=1S/C13H16BrN3O2/c1-7-5-9(14)6-8(2)10(7)16-12(18)13(3-4-13)11(15)17-19/h5-6,19H,3-4H2,1-2H3,(H2,15,17)(H,16,18). The predicted octanol–water partition coefficient (Wildman–Crippen LogP) is 2.53. The Balaban J connectivity index is 2.26. The van der Waals surface area contributed by atoms with E-state index in [2.05, 4.69) is 26.4 Å². The molecule has 19 heavy (non-hydrogen) atoms. The Bertz CT molecular complexity index is 542. The van der Waals surface area contributed by atoms with Crippen molar-refractivity contribution in [3.05, 3.63) is 27.7 Å². The fraction of sp³-hybridized carbons (Fsp3) is 0.385. The summed E-state index contributed by atoms with van der Waals surface area (Å²) in [6.45, 7) is 3.85. The van der Waals surface area contributed by atoms with Gasteiger partial charge in [0.15, 0.2) is 5.84 Å². The fourth-order valence-corrected chi connectivity index (χ4v) is 2.85. The van der Waals surface area contributed by atoms with Gasteiger partial charge in [0, 0.05) is 10.2 Å². The second-order valence-electron chi connectivity index (χ2n) is 4.94. The maximum absolute atomic E-state index is 12.3. The van der Waals surface area contributed by atoms with E-state index in [1.165, 1.54) is 0 Å². The van der Waals surface area contributed by atoms with Gasteiger partial charge in [-0.25, -0.2) is 0 Å². The molecule has 4 N–H and O–H groups in total. The molecule has 0 bridgehead atoms. The van der Waals surface area contributed by atoms with Crippen molar-refractivity contribution in [3.8, 4) is 0 Å². The molecule has 1 aromatic rings. The van der Waals surface area contributed by atoms with Gasteiger partial charge in [0.1, 0.15) is 5.41 Å². The lowest BCUT2D eigenvalue weighted by Crippen LogP contribution is -2.36. The van der Waals surface area contributed by atoms with Crippen molar-refractivity contribution in [2.75, 3.05) is 5.32 Å². The molecule has 0 radical (unpaired) electrons. The summed E-state index contributed by atoms with van der Waals surface area (Å²) in [5.74, 6) is -0.228. The minimum absolute atomic E-state index is 0.0163. The van der Waals surface area contributed by atoms with E-state index in [4.69, 9.17) is 10.9 Å². The quantitative estimate of drug-likeness (QED) is 0.345. The second kappa shape index (κ2) is 4.85. The molecule has 1 amide bonds. The predicted molar refractivity (Wildman–Crippen MR) is 77.3 cm³/mol. The first-order valence-electron chi connectivity index (χ1n) is 5.97. The van der Waals surface area contributed by atoms with E-state index in [-0.39, 0.29) is 11.7 Å². The summed E-state index contributed by atoms with van der Waals surface area (Å²) < 4.78 is 0.970. The number of amides is 1. The SMILES string of the molecule is Cc1cc(Br)cc(C)c1NC(=O)C1(/C(N)=N/O)CC1. The number of carbonyl (C=O) groups is 1. The van der Waals surface area contributed by atoms with Crippen LogP contribution >= 0.6 is 15.9 Å². The van der Waals surface area contributed by atoms with Crippen molar-refractivity contribution in [3.63, 3.8) is 0 Å². The summed E-state index contributed by atoms with van der Waals surface area (Å²) in [5.41, 5.74) is 7.49. The highest BCUT2D eigenvalue weighted by molar-refractivity contribution is 9.10. The van der Waals surface area contributed by atoms with Gasteiger partial charge in [0.25, 0.3) is 0 Å². The monoisotopic (exact) mass is 325 g/mol. The number of aryl methyl sites for hydroxylation is 2. The summed E-state index contributed by atoms with van der Waals surface area (Å²) in [7, 11) is 0. The van der Waals surface area contributed by atoms with Crippen LogP contribution in [0.3, 0.4) is 0 Å². The molecule has 2 rings (SSSR count). The Morgan fingerprint density at radius 2 is 1.95 bits per heavy atom. The molecule has 6 heteroatoms. The van der Waals surface area contributed by atoms with Crippen LogP contribution in [0.15, 0.2) is 21.8 Å². The van der Waals surface area contributed by atoms with Gasteiger partial charge in [-0.2, -0.15) is 0 Å². The van der Waals surface area contributed by atoms with Crippen LogP contribution in [0.4, 0.5) is 5.69 Å². The first-order valence-corrected chi connectivity index (χ1v) is 6.76.